The highest BCUT2D eigenvalue weighted by Crippen LogP contribution is 2.37. The Balaban J connectivity index is 1.55. The average Bonchev–Trinajstić information content (AvgIpc) is 3.27. The van der Waals surface area contributed by atoms with Gasteiger partial charge in [-0.05, 0) is 41.5 Å². The molecule has 0 bridgehead atoms. The Kier molecular flexibility index (Phi) is 6.40. The van der Waals surface area contributed by atoms with Crippen LogP contribution in [-0.4, -0.2) is 41.0 Å². The highest BCUT2D eigenvalue weighted by molar-refractivity contribution is 5.70. The highest BCUT2D eigenvalue weighted by atomic mass is 19.4. The number of benzene rings is 3. The van der Waals surface area contributed by atoms with Crippen LogP contribution in [0, 0.1) is 5.82 Å². The maximum atomic E-state index is 14.9. The van der Waals surface area contributed by atoms with E-state index in [2.05, 4.69) is 10.00 Å². The van der Waals surface area contributed by atoms with Crippen molar-refractivity contribution in [1.82, 2.24) is 14.7 Å². The van der Waals surface area contributed by atoms with Gasteiger partial charge in [-0.2, -0.15) is 18.3 Å². The Bertz CT molecular complexity index is 1310. The molecule has 0 radical (unpaired) electrons. The summed E-state index contributed by atoms with van der Waals surface area (Å²) in [7, 11) is 0. The summed E-state index contributed by atoms with van der Waals surface area (Å²) in [5.41, 5.74) is 2.39. The van der Waals surface area contributed by atoms with Crippen LogP contribution in [0.5, 0.6) is 0 Å². The molecule has 1 saturated heterocycles. The van der Waals surface area contributed by atoms with E-state index < -0.39 is 11.7 Å². The summed E-state index contributed by atoms with van der Waals surface area (Å²) in [6, 6.07) is 18.7. The summed E-state index contributed by atoms with van der Waals surface area (Å²) in [6.45, 7) is 3.42. The molecule has 0 spiro atoms. The molecule has 0 atom stereocenters. The lowest BCUT2D eigenvalue weighted by molar-refractivity contribution is -0.137. The zero-order chi connectivity index (χ0) is 24.4. The van der Waals surface area contributed by atoms with Crippen LogP contribution in [0.2, 0.25) is 0 Å². The van der Waals surface area contributed by atoms with E-state index in [0.717, 1.165) is 24.7 Å². The van der Waals surface area contributed by atoms with Gasteiger partial charge in [0.25, 0.3) is 0 Å². The van der Waals surface area contributed by atoms with Crippen LogP contribution in [0.3, 0.4) is 0 Å². The molecule has 1 fully saturated rings. The minimum atomic E-state index is -4.45. The second-order valence-electron chi connectivity index (χ2n) is 8.39. The zero-order valence-corrected chi connectivity index (χ0v) is 18.8. The Morgan fingerprint density at radius 3 is 2.17 bits per heavy atom. The Morgan fingerprint density at radius 1 is 0.829 bits per heavy atom. The van der Waals surface area contributed by atoms with E-state index in [-0.39, 0.29) is 11.4 Å². The summed E-state index contributed by atoms with van der Waals surface area (Å²) < 4.78 is 62.4. The van der Waals surface area contributed by atoms with E-state index in [1.54, 1.807) is 59.4 Å². The number of hydrogen-bond donors (Lipinski definition) is 0. The fourth-order valence-electron chi connectivity index (χ4n) is 4.40. The molecule has 0 unspecified atom stereocenters. The van der Waals surface area contributed by atoms with Gasteiger partial charge in [-0.3, -0.25) is 4.90 Å². The van der Waals surface area contributed by atoms with Crippen molar-refractivity contribution in [3.63, 3.8) is 0 Å². The van der Waals surface area contributed by atoms with Crippen LogP contribution in [0.25, 0.3) is 28.1 Å². The molecule has 4 aromatic rings. The molecule has 4 nitrogen and oxygen atoms in total. The van der Waals surface area contributed by atoms with E-state index >= 15 is 0 Å². The van der Waals surface area contributed by atoms with Crippen LogP contribution >= 0.6 is 0 Å². The van der Waals surface area contributed by atoms with Crippen molar-refractivity contribution in [2.24, 2.45) is 0 Å². The molecular weight excluding hydrogens is 458 g/mol. The molecule has 1 aliphatic heterocycles. The summed E-state index contributed by atoms with van der Waals surface area (Å²) in [6.07, 6.45) is -2.73. The SMILES string of the molecule is Fc1ccccc1-c1c(CN2CCOCC2)cnn1-c1ccc(-c2ccccc2C(F)(F)F)cc1. The number of ether oxygens (including phenoxy) is 1. The van der Waals surface area contributed by atoms with Crippen LogP contribution in [0.15, 0.2) is 79.0 Å². The molecule has 0 amide bonds. The molecule has 1 aromatic heterocycles. The number of morpholine rings is 1. The first-order chi connectivity index (χ1) is 16.9. The average molecular weight is 481 g/mol. The number of alkyl halides is 3. The fourth-order valence-corrected chi connectivity index (χ4v) is 4.40. The molecule has 0 N–H and O–H groups in total. The van der Waals surface area contributed by atoms with E-state index in [4.69, 9.17) is 4.74 Å². The number of hydrogen-bond acceptors (Lipinski definition) is 3. The van der Waals surface area contributed by atoms with Gasteiger partial charge < -0.3 is 4.74 Å². The summed E-state index contributed by atoms with van der Waals surface area (Å²) in [5.74, 6) is -0.367. The van der Waals surface area contributed by atoms with Gasteiger partial charge in [-0.25, -0.2) is 9.07 Å². The van der Waals surface area contributed by atoms with Crippen molar-refractivity contribution in [3.05, 3.63) is 95.9 Å². The fraction of sp³-hybridized carbons (Fsp3) is 0.222. The van der Waals surface area contributed by atoms with Crippen molar-refractivity contribution < 1.29 is 22.3 Å². The van der Waals surface area contributed by atoms with Crippen molar-refractivity contribution >= 4 is 0 Å². The third kappa shape index (κ3) is 4.85. The largest absolute Gasteiger partial charge is 0.417 e. The lowest BCUT2D eigenvalue weighted by Gasteiger charge is -2.26. The van der Waals surface area contributed by atoms with E-state index in [1.807, 2.05) is 0 Å². The molecule has 35 heavy (non-hydrogen) atoms. The Hall–Kier alpha value is -3.49. The summed E-state index contributed by atoms with van der Waals surface area (Å²) in [5, 5.41) is 4.54. The molecule has 1 aliphatic rings. The molecule has 0 saturated carbocycles. The number of nitrogens with zero attached hydrogens (tertiary/aromatic N) is 3. The van der Waals surface area contributed by atoms with Gasteiger partial charge in [0.2, 0.25) is 0 Å². The van der Waals surface area contributed by atoms with Crippen molar-refractivity contribution in [1.29, 1.82) is 0 Å². The van der Waals surface area contributed by atoms with Crippen LogP contribution in [-0.2, 0) is 17.5 Å². The van der Waals surface area contributed by atoms with Crippen LogP contribution in [0.4, 0.5) is 17.6 Å². The van der Waals surface area contributed by atoms with Gasteiger partial charge in [-0.1, -0.05) is 42.5 Å². The lowest BCUT2D eigenvalue weighted by atomic mass is 9.99. The zero-order valence-electron chi connectivity index (χ0n) is 18.8. The minimum absolute atomic E-state index is 0.106. The molecule has 180 valence electrons. The molecule has 0 aliphatic carbocycles. The molecular formula is C27H23F4N3O. The first kappa shape index (κ1) is 23.3. The molecule has 8 heteroatoms. The summed E-state index contributed by atoms with van der Waals surface area (Å²) in [4.78, 5) is 2.23. The number of aromatic nitrogens is 2. The standard InChI is InChI=1S/C27H23F4N3O/c28-25-8-4-2-6-23(25)26-20(18-33-13-15-35-16-14-33)17-32-34(26)21-11-9-19(10-12-21)22-5-1-3-7-24(22)27(29,30)31/h1-12,17H,13-16,18H2. The summed E-state index contributed by atoms with van der Waals surface area (Å²) >= 11 is 0. The molecule has 3 aromatic carbocycles. The first-order valence-electron chi connectivity index (χ1n) is 11.3. The third-order valence-corrected chi connectivity index (χ3v) is 6.13. The maximum absolute atomic E-state index is 14.9. The van der Waals surface area contributed by atoms with E-state index in [9.17, 15) is 17.6 Å². The van der Waals surface area contributed by atoms with Crippen molar-refractivity contribution in [3.8, 4) is 28.1 Å². The lowest BCUT2D eigenvalue weighted by Crippen LogP contribution is -2.35. The predicted molar refractivity (Wildman–Crippen MR) is 125 cm³/mol. The quantitative estimate of drug-likeness (QED) is 0.318. The van der Waals surface area contributed by atoms with Crippen molar-refractivity contribution in [2.45, 2.75) is 12.7 Å². The Morgan fingerprint density at radius 2 is 1.49 bits per heavy atom. The second-order valence-corrected chi connectivity index (χ2v) is 8.39. The van der Waals surface area contributed by atoms with E-state index in [1.165, 1.54) is 18.2 Å². The van der Waals surface area contributed by atoms with Crippen molar-refractivity contribution in [2.75, 3.05) is 26.3 Å². The Labute approximate surface area is 200 Å². The number of halogens is 4. The smallest absolute Gasteiger partial charge is 0.379 e. The van der Waals surface area contributed by atoms with Gasteiger partial charge in [-0.15, -0.1) is 0 Å². The number of rotatable bonds is 5. The van der Waals surface area contributed by atoms with Gasteiger partial charge in [0.05, 0.1) is 36.4 Å². The predicted octanol–water partition coefficient (Wildman–Crippen LogP) is 6.20. The normalized spacial score (nSPS) is 14.9. The van der Waals surface area contributed by atoms with Gasteiger partial charge in [0.15, 0.2) is 0 Å². The van der Waals surface area contributed by atoms with E-state index in [0.29, 0.717) is 42.3 Å². The van der Waals surface area contributed by atoms with Gasteiger partial charge >= 0.3 is 6.18 Å². The molecule has 5 rings (SSSR count). The van der Waals surface area contributed by atoms with Crippen LogP contribution in [0.1, 0.15) is 11.1 Å². The third-order valence-electron chi connectivity index (χ3n) is 6.13. The monoisotopic (exact) mass is 481 g/mol. The highest BCUT2D eigenvalue weighted by Gasteiger charge is 2.33. The topological polar surface area (TPSA) is 30.3 Å². The molecule has 2 heterocycles. The van der Waals surface area contributed by atoms with Gasteiger partial charge in [0, 0.05) is 30.8 Å². The maximum Gasteiger partial charge on any atom is 0.417 e. The van der Waals surface area contributed by atoms with Gasteiger partial charge in [0.1, 0.15) is 5.82 Å². The minimum Gasteiger partial charge on any atom is -0.379 e. The first-order valence-corrected chi connectivity index (χ1v) is 11.3. The van der Waals surface area contributed by atoms with Crippen LogP contribution < -0.4 is 0 Å². The second kappa shape index (κ2) is 9.64.